The van der Waals surface area contributed by atoms with Crippen LogP contribution in [0.15, 0.2) is 42.5 Å². The number of nitrogens with zero attached hydrogens (tertiary/aromatic N) is 1. The van der Waals surface area contributed by atoms with Gasteiger partial charge in [0.15, 0.2) is 0 Å². The molecule has 1 aliphatic rings. The van der Waals surface area contributed by atoms with E-state index in [0.29, 0.717) is 17.0 Å². The van der Waals surface area contributed by atoms with Crippen LogP contribution in [0.2, 0.25) is 0 Å². The van der Waals surface area contributed by atoms with Crippen molar-refractivity contribution in [1.29, 1.82) is 0 Å². The predicted octanol–water partition coefficient (Wildman–Crippen LogP) is 2.86. The fraction of sp³-hybridized carbons (Fsp3) is 0.222. The molecule has 118 valence electrons. The van der Waals surface area contributed by atoms with E-state index < -0.39 is 0 Å². The molecule has 2 amide bonds. The number of carbonyl (C=O) groups is 2. The molecule has 2 aromatic carbocycles. The second-order valence-electron chi connectivity index (χ2n) is 5.38. The van der Waals surface area contributed by atoms with Crippen molar-refractivity contribution in [1.82, 2.24) is 0 Å². The van der Waals surface area contributed by atoms with Crippen molar-refractivity contribution in [3.8, 4) is 5.75 Å². The van der Waals surface area contributed by atoms with Gasteiger partial charge in [0.05, 0.1) is 18.5 Å². The number of para-hydroxylation sites is 1. The molecule has 0 aliphatic carbocycles. The molecular formula is C18H18N2O3. The summed E-state index contributed by atoms with van der Waals surface area (Å²) in [6, 6.07) is 12.5. The maximum atomic E-state index is 12.9. The molecule has 0 bridgehead atoms. The number of fused-ring (bicyclic) bond motifs is 1. The Bertz CT molecular complexity index is 771. The van der Waals surface area contributed by atoms with E-state index in [2.05, 4.69) is 5.32 Å². The first kappa shape index (κ1) is 15.1. The SMILES string of the molecule is COc1cccc(C(=O)N(C(C)=O)c2cccc3c2NCC3)c1. The van der Waals surface area contributed by atoms with Gasteiger partial charge < -0.3 is 10.1 Å². The second kappa shape index (κ2) is 6.12. The molecule has 0 aromatic heterocycles. The monoisotopic (exact) mass is 310 g/mol. The fourth-order valence-electron chi connectivity index (χ4n) is 2.81. The van der Waals surface area contributed by atoms with Crippen molar-refractivity contribution in [2.75, 3.05) is 23.9 Å². The minimum atomic E-state index is -0.363. The van der Waals surface area contributed by atoms with Gasteiger partial charge in [-0.05, 0) is 36.2 Å². The standard InChI is InChI=1S/C18H18N2O3/c1-12(21)20(16-8-4-5-13-9-10-19-17(13)16)18(22)14-6-3-7-15(11-14)23-2/h3-8,11,19H,9-10H2,1-2H3. The molecule has 3 rings (SSSR count). The van der Waals surface area contributed by atoms with Crippen molar-refractivity contribution in [3.63, 3.8) is 0 Å². The predicted molar refractivity (Wildman–Crippen MR) is 89.1 cm³/mol. The third-order valence-electron chi connectivity index (χ3n) is 3.90. The molecule has 0 unspecified atom stereocenters. The van der Waals surface area contributed by atoms with Crippen LogP contribution in [0.5, 0.6) is 5.75 Å². The quantitative estimate of drug-likeness (QED) is 0.947. The highest BCUT2D eigenvalue weighted by atomic mass is 16.5. The summed E-state index contributed by atoms with van der Waals surface area (Å²) in [5, 5.41) is 3.26. The van der Waals surface area contributed by atoms with Gasteiger partial charge in [0, 0.05) is 19.0 Å². The molecule has 0 fully saturated rings. The second-order valence-corrected chi connectivity index (χ2v) is 5.38. The number of benzene rings is 2. The first-order chi connectivity index (χ1) is 11.1. The molecule has 1 heterocycles. The first-order valence-corrected chi connectivity index (χ1v) is 7.46. The molecule has 0 saturated heterocycles. The molecule has 0 spiro atoms. The molecule has 5 heteroatoms. The van der Waals surface area contributed by atoms with Gasteiger partial charge in [-0.15, -0.1) is 0 Å². The molecule has 1 N–H and O–H groups in total. The lowest BCUT2D eigenvalue weighted by Crippen LogP contribution is -2.35. The molecular weight excluding hydrogens is 292 g/mol. The van der Waals surface area contributed by atoms with Crippen LogP contribution >= 0.6 is 0 Å². The average molecular weight is 310 g/mol. The van der Waals surface area contributed by atoms with E-state index in [4.69, 9.17) is 4.74 Å². The first-order valence-electron chi connectivity index (χ1n) is 7.46. The number of hydrogen-bond acceptors (Lipinski definition) is 4. The summed E-state index contributed by atoms with van der Waals surface area (Å²) in [6.07, 6.45) is 0.891. The zero-order valence-corrected chi connectivity index (χ0v) is 13.1. The number of carbonyl (C=O) groups excluding carboxylic acids is 2. The summed E-state index contributed by atoms with van der Waals surface area (Å²) in [7, 11) is 1.54. The summed E-state index contributed by atoms with van der Waals surface area (Å²) in [6.45, 7) is 2.21. The molecule has 0 radical (unpaired) electrons. The highest BCUT2D eigenvalue weighted by Gasteiger charge is 2.26. The Labute approximate surface area is 134 Å². The number of nitrogens with one attached hydrogen (secondary N) is 1. The van der Waals surface area contributed by atoms with Gasteiger partial charge in [0.2, 0.25) is 5.91 Å². The van der Waals surface area contributed by atoms with E-state index in [0.717, 1.165) is 24.2 Å². The third-order valence-corrected chi connectivity index (χ3v) is 3.90. The number of imide groups is 1. The van der Waals surface area contributed by atoms with E-state index in [1.54, 1.807) is 37.4 Å². The van der Waals surface area contributed by atoms with E-state index in [1.165, 1.54) is 11.8 Å². The topological polar surface area (TPSA) is 58.6 Å². The molecule has 0 saturated carbocycles. The summed E-state index contributed by atoms with van der Waals surface area (Å²) >= 11 is 0. The van der Waals surface area contributed by atoms with Crippen LogP contribution in [-0.4, -0.2) is 25.5 Å². The van der Waals surface area contributed by atoms with Crippen LogP contribution in [0.1, 0.15) is 22.8 Å². The molecule has 0 atom stereocenters. The van der Waals surface area contributed by atoms with Crippen molar-refractivity contribution in [2.45, 2.75) is 13.3 Å². The zero-order valence-electron chi connectivity index (χ0n) is 13.1. The number of anilines is 2. The summed E-state index contributed by atoms with van der Waals surface area (Å²) in [5.74, 6) is -0.103. The molecule has 23 heavy (non-hydrogen) atoms. The third kappa shape index (κ3) is 2.77. The largest absolute Gasteiger partial charge is 0.497 e. The van der Waals surface area contributed by atoms with Gasteiger partial charge in [-0.1, -0.05) is 18.2 Å². The van der Waals surface area contributed by atoms with Crippen LogP contribution in [0.25, 0.3) is 0 Å². The summed E-state index contributed by atoms with van der Waals surface area (Å²) in [4.78, 5) is 26.3. The minimum absolute atomic E-state index is 0.320. The Morgan fingerprint density at radius 1 is 1.17 bits per heavy atom. The van der Waals surface area contributed by atoms with E-state index >= 15 is 0 Å². The Kier molecular flexibility index (Phi) is 4.02. The molecule has 5 nitrogen and oxygen atoms in total. The van der Waals surface area contributed by atoms with E-state index in [-0.39, 0.29) is 11.8 Å². The van der Waals surface area contributed by atoms with Gasteiger partial charge >= 0.3 is 0 Å². The van der Waals surface area contributed by atoms with Gasteiger partial charge in [-0.3, -0.25) is 9.59 Å². The van der Waals surface area contributed by atoms with Crippen LogP contribution in [0.4, 0.5) is 11.4 Å². The van der Waals surface area contributed by atoms with Crippen LogP contribution in [0, 0.1) is 0 Å². The molecule has 2 aromatic rings. The van der Waals surface area contributed by atoms with Crippen molar-refractivity contribution in [3.05, 3.63) is 53.6 Å². The van der Waals surface area contributed by atoms with Crippen molar-refractivity contribution >= 4 is 23.2 Å². The summed E-state index contributed by atoms with van der Waals surface area (Å²) in [5.41, 5.74) is 2.99. The summed E-state index contributed by atoms with van der Waals surface area (Å²) < 4.78 is 5.16. The number of ether oxygens (including phenoxy) is 1. The van der Waals surface area contributed by atoms with Gasteiger partial charge in [0.25, 0.3) is 5.91 Å². The van der Waals surface area contributed by atoms with Crippen LogP contribution < -0.4 is 15.0 Å². The smallest absolute Gasteiger partial charge is 0.265 e. The highest BCUT2D eigenvalue weighted by molar-refractivity contribution is 6.22. The van der Waals surface area contributed by atoms with Crippen LogP contribution in [0.3, 0.4) is 0 Å². The van der Waals surface area contributed by atoms with Crippen molar-refractivity contribution in [2.24, 2.45) is 0 Å². The normalized spacial score (nSPS) is 12.3. The lowest BCUT2D eigenvalue weighted by Gasteiger charge is -2.22. The van der Waals surface area contributed by atoms with E-state index in [1.807, 2.05) is 12.1 Å². The number of methoxy groups -OCH3 is 1. The van der Waals surface area contributed by atoms with Crippen LogP contribution in [-0.2, 0) is 11.2 Å². The Morgan fingerprint density at radius 3 is 2.70 bits per heavy atom. The Hall–Kier alpha value is -2.82. The Morgan fingerprint density at radius 2 is 1.96 bits per heavy atom. The maximum absolute atomic E-state index is 12.9. The highest BCUT2D eigenvalue weighted by Crippen LogP contribution is 2.34. The lowest BCUT2D eigenvalue weighted by molar-refractivity contribution is -0.115. The van der Waals surface area contributed by atoms with Gasteiger partial charge in [-0.25, -0.2) is 4.90 Å². The molecule has 1 aliphatic heterocycles. The van der Waals surface area contributed by atoms with E-state index in [9.17, 15) is 9.59 Å². The lowest BCUT2D eigenvalue weighted by atomic mass is 10.1. The maximum Gasteiger partial charge on any atom is 0.265 e. The minimum Gasteiger partial charge on any atom is -0.497 e. The van der Waals surface area contributed by atoms with Crippen molar-refractivity contribution < 1.29 is 14.3 Å². The van der Waals surface area contributed by atoms with Gasteiger partial charge in [-0.2, -0.15) is 0 Å². The van der Waals surface area contributed by atoms with Gasteiger partial charge in [0.1, 0.15) is 5.75 Å². The zero-order chi connectivity index (χ0) is 16.4. The number of amides is 2. The number of rotatable bonds is 3. The Balaban J connectivity index is 2.04. The average Bonchev–Trinajstić information content (AvgIpc) is 3.04. The fourth-order valence-corrected chi connectivity index (χ4v) is 2.81. The number of hydrogen-bond donors (Lipinski definition) is 1.